The fourth-order valence-electron chi connectivity index (χ4n) is 2.20. The largest absolute Gasteiger partial charge is 0.492 e. The molecule has 2 rings (SSSR count). The molecule has 6 heteroatoms. The average molecular weight is 315 g/mol. The lowest BCUT2D eigenvalue weighted by Crippen LogP contribution is -2.12. The lowest BCUT2D eigenvalue weighted by atomic mass is 10.1. The highest BCUT2D eigenvalue weighted by Crippen LogP contribution is 2.31. The summed E-state index contributed by atoms with van der Waals surface area (Å²) in [6, 6.07) is 2.96. The molecule has 0 spiro atoms. The van der Waals surface area contributed by atoms with Gasteiger partial charge in [-0.2, -0.15) is 9.78 Å². The molecule has 0 aliphatic heterocycles. The number of fused-ring (bicyclic) bond motifs is 1. The van der Waals surface area contributed by atoms with Gasteiger partial charge in [-0.15, -0.1) is 0 Å². The van der Waals surface area contributed by atoms with Crippen molar-refractivity contribution in [2.75, 3.05) is 13.2 Å². The van der Waals surface area contributed by atoms with Crippen molar-refractivity contribution >= 4 is 17.0 Å². The maximum atomic E-state index is 12.2. The second-order valence-corrected chi connectivity index (χ2v) is 4.89. The number of aryl methyl sites for hydroxylation is 1. The van der Waals surface area contributed by atoms with Gasteiger partial charge in [0, 0.05) is 12.5 Å². The molecule has 0 bridgehead atoms. The van der Waals surface area contributed by atoms with Gasteiger partial charge in [-0.1, -0.05) is 12.8 Å². The van der Waals surface area contributed by atoms with Gasteiger partial charge >= 0.3 is 5.97 Å². The first-order chi connectivity index (χ1) is 11.1. The van der Waals surface area contributed by atoms with Crippen LogP contribution in [0.3, 0.4) is 0 Å². The lowest BCUT2D eigenvalue weighted by molar-refractivity contribution is 0.0521. The zero-order chi connectivity index (χ0) is 16.8. The van der Waals surface area contributed by atoms with Crippen LogP contribution in [0.25, 0.3) is 11.0 Å². The molecule has 0 saturated carbocycles. The molecule has 2 aromatic rings. The predicted molar refractivity (Wildman–Crippen MR) is 87.5 cm³/mol. The van der Waals surface area contributed by atoms with Crippen molar-refractivity contribution in [2.24, 2.45) is 0 Å². The van der Waals surface area contributed by atoms with Crippen LogP contribution in [0.15, 0.2) is 6.20 Å². The Morgan fingerprint density at radius 1 is 1.30 bits per heavy atom. The van der Waals surface area contributed by atoms with Gasteiger partial charge in [0.15, 0.2) is 5.65 Å². The minimum atomic E-state index is -0.437. The van der Waals surface area contributed by atoms with E-state index >= 15 is 0 Å². The number of ether oxygens (including phenoxy) is 2. The Morgan fingerprint density at radius 2 is 2.09 bits per heavy atom. The van der Waals surface area contributed by atoms with E-state index in [4.69, 9.17) is 9.47 Å². The van der Waals surface area contributed by atoms with Crippen molar-refractivity contribution in [1.82, 2.24) is 14.8 Å². The van der Waals surface area contributed by atoms with Crippen LogP contribution in [0.2, 0.25) is 0 Å². The second-order valence-electron chi connectivity index (χ2n) is 4.89. The molecule has 0 aliphatic rings. The molecule has 122 valence electrons. The number of pyridine rings is 1. The summed E-state index contributed by atoms with van der Waals surface area (Å²) in [5.41, 5.74) is 1.48. The number of carbonyl (C=O) groups excluding carboxylic acids is 1. The third-order valence-corrected chi connectivity index (χ3v) is 3.18. The summed E-state index contributed by atoms with van der Waals surface area (Å²) in [4.78, 5) is 16.7. The van der Waals surface area contributed by atoms with Crippen LogP contribution in [0.5, 0.6) is 5.75 Å². The molecule has 0 aliphatic carbocycles. The fourth-order valence-corrected chi connectivity index (χ4v) is 2.20. The van der Waals surface area contributed by atoms with Crippen molar-refractivity contribution in [3.63, 3.8) is 0 Å². The van der Waals surface area contributed by atoms with Gasteiger partial charge < -0.3 is 9.47 Å². The van der Waals surface area contributed by atoms with Crippen LogP contribution in [0.4, 0.5) is 0 Å². The number of hydrogen-bond acceptors (Lipinski definition) is 5. The van der Waals surface area contributed by atoms with Crippen molar-refractivity contribution in [3.05, 3.63) is 17.5 Å². The van der Waals surface area contributed by atoms with Crippen LogP contribution < -0.4 is 4.74 Å². The van der Waals surface area contributed by atoms with Crippen LogP contribution in [-0.2, 0) is 4.74 Å². The smallest absolute Gasteiger partial charge is 0.343 e. The number of unbranched alkanes of at least 4 members (excludes halogenated alkanes) is 1. The number of aromatic nitrogens is 3. The molecule has 2 aromatic heterocycles. The van der Waals surface area contributed by atoms with E-state index in [0.29, 0.717) is 41.3 Å². The SMILES string of the molecule is CCCC#Cn1ncc2c(OCC)c(C(=O)OCC)c(C)nc21. The Hall–Kier alpha value is -2.55. The van der Waals surface area contributed by atoms with E-state index in [9.17, 15) is 4.79 Å². The Kier molecular flexibility index (Phi) is 5.58. The number of hydrogen-bond donors (Lipinski definition) is 0. The van der Waals surface area contributed by atoms with E-state index in [1.54, 1.807) is 20.0 Å². The summed E-state index contributed by atoms with van der Waals surface area (Å²) in [6.45, 7) is 8.17. The Bertz CT molecular complexity index is 769. The van der Waals surface area contributed by atoms with Crippen LogP contribution in [-0.4, -0.2) is 33.9 Å². The van der Waals surface area contributed by atoms with Crippen LogP contribution in [0.1, 0.15) is 49.7 Å². The molecule has 0 aromatic carbocycles. The third-order valence-electron chi connectivity index (χ3n) is 3.18. The molecule has 0 fully saturated rings. The molecule has 2 heterocycles. The zero-order valence-corrected chi connectivity index (χ0v) is 14.0. The van der Waals surface area contributed by atoms with Gasteiger partial charge in [-0.25, -0.2) is 9.78 Å². The number of nitrogens with zero attached hydrogens (tertiary/aromatic N) is 3. The standard InChI is InChI=1S/C17H21N3O3/c1-5-8-9-10-20-16-13(11-18-20)15(22-6-2)14(12(4)19-16)17(21)23-7-3/h11H,5-8H2,1-4H3. The number of carbonyl (C=O) groups is 1. The van der Waals surface area contributed by atoms with E-state index in [2.05, 4.69) is 29.0 Å². The molecule has 0 radical (unpaired) electrons. The van der Waals surface area contributed by atoms with Crippen molar-refractivity contribution in [2.45, 2.75) is 40.5 Å². The summed E-state index contributed by atoms with van der Waals surface area (Å²) in [5.74, 6) is 3.05. The third kappa shape index (κ3) is 3.45. The van der Waals surface area contributed by atoms with Gasteiger partial charge in [0.1, 0.15) is 11.3 Å². The van der Waals surface area contributed by atoms with Gasteiger partial charge in [-0.05, 0) is 27.2 Å². The highest BCUT2D eigenvalue weighted by Gasteiger charge is 2.23. The summed E-state index contributed by atoms with van der Waals surface area (Å²) in [7, 11) is 0. The van der Waals surface area contributed by atoms with Crippen LogP contribution in [0, 0.1) is 18.9 Å². The van der Waals surface area contributed by atoms with Crippen molar-refractivity contribution in [3.8, 4) is 17.7 Å². The lowest BCUT2D eigenvalue weighted by Gasteiger charge is -2.12. The highest BCUT2D eigenvalue weighted by atomic mass is 16.5. The molecule has 0 amide bonds. The first-order valence-electron chi connectivity index (χ1n) is 7.81. The first-order valence-corrected chi connectivity index (χ1v) is 7.81. The highest BCUT2D eigenvalue weighted by molar-refractivity contribution is 6.00. The Balaban J connectivity index is 2.62. The first kappa shape index (κ1) is 16.8. The summed E-state index contributed by atoms with van der Waals surface area (Å²) >= 11 is 0. The van der Waals surface area contributed by atoms with E-state index in [1.165, 1.54) is 4.68 Å². The molecule has 6 nitrogen and oxygen atoms in total. The second kappa shape index (κ2) is 7.63. The molecule has 0 atom stereocenters. The molecule has 23 heavy (non-hydrogen) atoms. The minimum absolute atomic E-state index is 0.295. The van der Waals surface area contributed by atoms with Gasteiger partial charge in [-0.3, -0.25) is 0 Å². The summed E-state index contributed by atoms with van der Waals surface area (Å²) in [6.07, 6.45) is 3.39. The predicted octanol–water partition coefficient (Wildman–Crippen LogP) is 2.92. The normalized spacial score (nSPS) is 10.3. The van der Waals surface area contributed by atoms with E-state index in [1.807, 2.05) is 6.92 Å². The maximum Gasteiger partial charge on any atom is 0.343 e. The Labute approximate surface area is 135 Å². The van der Waals surface area contributed by atoms with E-state index < -0.39 is 5.97 Å². The number of rotatable bonds is 5. The molecular weight excluding hydrogens is 294 g/mol. The average Bonchev–Trinajstić information content (AvgIpc) is 2.91. The molecular formula is C17H21N3O3. The van der Waals surface area contributed by atoms with Gasteiger partial charge in [0.05, 0.1) is 30.5 Å². The Morgan fingerprint density at radius 3 is 2.74 bits per heavy atom. The monoisotopic (exact) mass is 315 g/mol. The van der Waals surface area contributed by atoms with Crippen molar-refractivity contribution < 1.29 is 14.3 Å². The van der Waals surface area contributed by atoms with Gasteiger partial charge in [0.2, 0.25) is 0 Å². The van der Waals surface area contributed by atoms with Gasteiger partial charge in [0.25, 0.3) is 0 Å². The maximum absolute atomic E-state index is 12.2. The molecule has 0 unspecified atom stereocenters. The summed E-state index contributed by atoms with van der Waals surface area (Å²) in [5, 5.41) is 4.90. The molecule has 0 saturated heterocycles. The number of esters is 1. The fraction of sp³-hybridized carbons (Fsp3) is 0.471. The topological polar surface area (TPSA) is 66.2 Å². The quantitative estimate of drug-likeness (QED) is 0.627. The summed E-state index contributed by atoms with van der Waals surface area (Å²) < 4.78 is 12.3. The van der Waals surface area contributed by atoms with E-state index in [-0.39, 0.29) is 0 Å². The zero-order valence-electron chi connectivity index (χ0n) is 14.0. The van der Waals surface area contributed by atoms with Crippen LogP contribution >= 0.6 is 0 Å². The van der Waals surface area contributed by atoms with Crippen molar-refractivity contribution in [1.29, 1.82) is 0 Å². The van der Waals surface area contributed by atoms with E-state index in [0.717, 1.165) is 12.8 Å². The minimum Gasteiger partial charge on any atom is -0.492 e. The molecule has 0 N–H and O–H groups in total.